The molecule has 0 unspecified atom stereocenters. The standard InChI is InChI=1S/C11H18Si.2ClH.Zr/c1-7-8(2)10(4)11(9(7)3)12(5)6;;;/h1-6H3;2*1H;/q;;;+2/p-2. The van der Waals surface area contributed by atoms with Gasteiger partial charge in [-0.3, -0.25) is 0 Å². The third kappa shape index (κ3) is 4.07. The van der Waals surface area contributed by atoms with Gasteiger partial charge in [-0.1, -0.05) is 13.1 Å². The molecule has 0 nitrogen and oxygen atoms in total. The summed E-state index contributed by atoms with van der Waals surface area (Å²) in [5, 5.41) is 1.66. The second-order valence-corrected chi connectivity index (χ2v) is 6.38. The molecule has 0 aromatic heterocycles. The summed E-state index contributed by atoms with van der Waals surface area (Å²) in [5.41, 5.74) is 6.11. The Bertz CT molecular complexity index is 297. The van der Waals surface area contributed by atoms with Crippen LogP contribution in [0.3, 0.4) is 0 Å². The van der Waals surface area contributed by atoms with Gasteiger partial charge in [-0.25, -0.2) is 0 Å². The van der Waals surface area contributed by atoms with E-state index in [-0.39, 0.29) is 59.4 Å². The fourth-order valence-electron chi connectivity index (χ4n) is 1.97. The van der Waals surface area contributed by atoms with Crippen molar-refractivity contribution < 1.29 is 51.0 Å². The van der Waals surface area contributed by atoms with Crippen LogP contribution in [0.25, 0.3) is 0 Å². The largest absolute Gasteiger partial charge is 2.00 e. The Hall–Kier alpha value is 1.03. The normalized spacial score (nSPS) is 14.4. The molecule has 0 radical (unpaired) electrons. The Kier molecular flexibility index (Phi) is 11.6. The molecule has 1 aliphatic rings. The molecule has 0 aromatic rings. The van der Waals surface area contributed by atoms with Crippen molar-refractivity contribution in [2.75, 3.05) is 0 Å². The summed E-state index contributed by atoms with van der Waals surface area (Å²) >= 11 is 0. The molecule has 0 spiro atoms. The molecule has 4 heteroatoms. The minimum absolute atomic E-state index is 0. The average Bonchev–Trinajstić information content (AvgIpc) is 2.16. The topological polar surface area (TPSA) is 0 Å². The van der Waals surface area contributed by atoms with E-state index in [1.54, 1.807) is 16.3 Å². The van der Waals surface area contributed by atoms with Gasteiger partial charge in [-0.2, -0.15) is 0 Å². The van der Waals surface area contributed by atoms with Crippen molar-refractivity contribution in [3.63, 3.8) is 0 Å². The predicted octanol–water partition coefficient (Wildman–Crippen LogP) is -2.81. The van der Waals surface area contributed by atoms with E-state index in [1.807, 2.05) is 0 Å². The second-order valence-electron chi connectivity index (χ2n) is 3.88. The Morgan fingerprint density at radius 2 is 0.933 bits per heavy atom. The zero-order valence-corrected chi connectivity index (χ0v) is 15.2. The molecular formula is C11H18Cl2SiZr. The maximum absolute atomic E-state index is 2.37. The number of rotatable bonds is 0. The van der Waals surface area contributed by atoms with Gasteiger partial charge >= 0.3 is 26.2 Å². The van der Waals surface area contributed by atoms with Gasteiger partial charge in [-0.05, 0) is 55.2 Å². The SMILES string of the molecule is CC1=C(C)C(=[Si](C)C)C(C)=C1C.[Cl-].[Cl-].[Zr+2]. The predicted molar refractivity (Wildman–Crippen MR) is 59.2 cm³/mol. The molecule has 0 aliphatic heterocycles. The summed E-state index contributed by atoms with van der Waals surface area (Å²) in [7, 11) is -0.274. The molecule has 1 aliphatic carbocycles. The Morgan fingerprint density at radius 3 is 1.07 bits per heavy atom. The summed E-state index contributed by atoms with van der Waals surface area (Å²) in [4.78, 5) is 0. The van der Waals surface area contributed by atoms with Crippen molar-refractivity contribution in [3.05, 3.63) is 22.3 Å². The number of hydrogen-bond acceptors (Lipinski definition) is 0. The quantitative estimate of drug-likeness (QED) is 0.418. The molecule has 0 saturated heterocycles. The molecule has 84 valence electrons. The van der Waals surface area contributed by atoms with Gasteiger partial charge in [0.05, 0.1) is 0 Å². The first-order chi connectivity index (χ1) is 5.46. The molecule has 0 amide bonds. The van der Waals surface area contributed by atoms with Gasteiger partial charge in [0.2, 0.25) is 0 Å². The molecule has 15 heavy (non-hydrogen) atoms. The van der Waals surface area contributed by atoms with Gasteiger partial charge in [0.1, 0.15) is 0 Å². The summed E-state index contributed by atoms with van der Waals surface area (Å²) in [6.07, 6.45) is 0. The molecule has 0 heterocycles. The Morgan fingerprint density at radius 1 is 0.667 bits per heavy atom. The van der Waals surface area contributed by atoms with Crippen molar-refractivity contribution in [2.24, 2.45) is 0 Å². The molecular weight excluding hydrogens is 322 g/mol. The average molecular weight is 340 g/mol. The van der Waals surface area contributed by atoms with Gasteiger partial charge in [0.15, 0.2) is 0 Å². The summed E-state index contributed by atoms with van der Waals surface area (Å²) in [6, 6.07) is 0. The van der Waals surface area contributed by atoms with Crippen LogP contribution in [0.2, 0.25) is 13.1 Å². The Labute approximate surface area is 127 Å². The first-order valence-corrected chi connectivity index (χ1v) is 7.00. The van der Waals surface area contributed by atoms with Gasteiger partial charge in [0, 0.05) is 8.41 Å². The van der Waals surface area contributed by atoms with Crippen LogP contribution in [0.4, 0.5) is 0 Å². The second kappa shape index (κ2) is 8.17. The van der Waals surface area contributed by atoms with E-state index >= 15 is 0 Å². The van der Waals surface area contributed by atoms with E-state index in [4.69, 9.17) is 0 Å². The molecule has 0 N–H and O–H groups in total. The third-order valence-corrected chi connectivity index (χ3v) is 4.69. The van der Waals surface area contributed by atoms with Crippen LogP contribution in [0, 0.1) is 0 Å². The summed E-state index contributed by atoms with van der Waals surface area (Å²) in [6.45, 7) is 13.8. The van der Waals surface area contributed by atoms with Crippen LogP contribution >= 0.6 is 0 Å². The minimum atomic E-state index is -0.274. The maximum Gasteiger partial charge on any atom is 2.00 e. The van der Waals surface area contributed by atoms with E-state index in [0.717, 1.165) is 0 Å². The molecule has 0 atom stereocenters. The van der Waals surface area contributed by atoms with Crippen LogP contribution in [-0.4, -0.2) is 13.6 Å². The van der Waals surface area contributed by atoms with E-state index in [1.165, 1.54) is 11.1 Å². The van der Waals surface area contributed by atoms with E-state index in [0.29, 0.717) is 0 Å². The molecule has 1 rings (SSSR count). The molecule has 0 fully saturated rings. The zero-order chi connectivity index (χ0) is 9.46. The summed E-state index contributed by atoms with van der Waals surface area (Å²) < 4.78 is 0. The van der Waals surface area contributed by atoms with E-state index in [2.05, 4.69) is 40.8 Å². The minimum Gasteiger partial charge on any atom is -1.00 e. The smallest absolute Gasteiger partial charge is 1.00 e. The van der Waals surface area contributed by atoms with Gasteiger partial charge in [-0.15, -0.1) is 0 Å². The first-order valence-electron chi connectivity index (χ1n) is 4.50. The van der Waals surface area contributed by atoms with Crippen LogP contribution < -0.4 is 24.8 Å². The third-order valence-electron chi connectivity index (χ3n) is 2.94. The zero-order valence-electron chi connectivity index (χ0n) is 10.3. The van der Waals surface area contributed by atoms with Crippen LogP contribution in [-0.2, 0) is 26.2 Å². The monoisotopic (exact) mass is 338 g/mol. The van der Waals surface area contributed by atoms with Crippen molar-refractivity contribution in [1.82, 2.24) is 0 Å². The van der Waals surface area contributed by atoms with E-state index < -0.39 is 0 Å². The van der Waals surface area contributed by atoms with Gasteiger partial charge < -0.3 is 24.8 Å². The van der Waals surface area contributed by atoms with Crippen molar-refractivity contribution in [2.45, 2.75) is 40.8 Å². The van der Waals surface area contributed by atoms with Crippen LogP contribution in [0.15, 0.2) is 22.3 Å². The van der Waals surface area contributed by atoms with Crippen molar-refractivity contribution in [1.29, 1.82) is 0 Å². The fraction of sp³-hybridized carbons (Fsp3) is 0.545. The van der Waals surface area contributed by atoms with Crippen molar-refractivity contribution in [3.8, 4) is 0 Å². The number of allylic oxidation sites excluding steroid dienone is 4. The van der Waals surface area contributed by atoms with Crippen LogP contribution in [0.1, 0.15) is 27.7 Å². The van der Waals surface area contributed by atoms with Crippen molar-refractivity contribution >= 4 is 13.6 Å². The van der Waals surface area contributed by atoms with E-state index in [9.17, 15) is 0 Å². The van der Waals surface area contributed by atoms with Crippen LogP contribution in [0.5, 0.6) is 0 Å². The molecule has 0 aromatic carbocycles. The fourth-order valence-corrected chi connectivity index (χ4v) is 3.84. The molecule has 0 saturated carbocycles. The maximum atomic E-state index is 2.37. The summed E-state index contributed by atoms with van der Waals surface area (Å²) in [5.74, 6) is 0. The number of halogens is 2. The Balaban J connectivity index is -0.000000480. The van der Waals surface area contributed by atoms with Gasteiger partial charge in [0.25, 0.3) is 0 Å². The number of hydrogen-bond donors (Lipinski definition) is 0. The first kappa shape index (κ1) is 21.3. The molecule has 0 bridgehead atoms.